The van der Waals surface area contributed by atoms with Crippen LogP contribution in [0.2, 0.25) is 0 Å². The summed E-state index contributed by atoms with van der Waals surface area (Å²) in [6.45, 7) is 8.14. The third-order valence-electron chi connectivity index (χ3n) is 4.97. The molecular weight excluding hydrogens is 366 g/mol. The molecule has 29 heavy (non-hydrogen) atoms. The van der Waals surface area contributed by atoms with E-state index in [4.69, 9.17) is 0 Å². The number of rotatable bonds is 7. The van der Waals surface area contributed by atoms with Crippen molar-refractivity contribution in [2.45, 2.75) is 46.6 Å². The molecule has 1 atom stereocenters. The molecule has 0 aliphatic rings. The van der Waals surface area contributed by atoms with E-state index < -0.39 is 0 Å². The van der Waals surface area contributed by atoms with E-state index in [0.29, 0.717) is 17.1 Å². The summed E-state index contributed by atoms with van der Waals surface area (Å²) in [7, 11) is 0. The van der Waals surface area contributed by atoms with Crippen LogP contribution in [0.4, 0.5) is 0 Å². The van der Waals surface area contributed by atoms with Gasteiger partial charge in [-0.05, 0) is 36.5 Å². The molecular formula is C22H27N5O2. The number of aromatic amines is 1. The summed E-state index contributed by atoms with van der Waals surface area (Å²) < 4.78 is 1.54. The Hall–Kier alpha value is -3.22. The van der Waals surface area contributed by atoms with Crippen LogP contribution in [0, 0.1) is 12.8 Å². The van der Waals surface area contributed by atoms with E-state index in [9.17, 15) is 9.59 Å². The Balaban J connectivity index is 1.82. The highest BCUT2D eigenvalue weighted by Gasteiger charge is 2.22. The van der Waals surface area contributed by atoms with Crippen molar-refractivity contribution in [2.24, 2.45) is 5.92 Å². The number of amides is 1. The average Bonchev–Trinajstić information content (AvgIpc) is 3.09. The van der Waals surface area contributed by atoms with Crippen LogP contribution in [-0.4, -0.2) is 25.9 Å². The average molecular weight is 393 g/mol. The number of H-pyrrole nitrogens is 1. The zero-order valence-corrected chi connectivity index (χ0v) is 17.3. The van der Waals surface area contributed by atoms with Crippen LogP contribution >= 0.6 is 0 Å². The number of aryl methyl sites for hydroxylation is 1. The van der Waals surface area contributed by atoms with E-state index in [0.717, 1.165) is 18.4 Å². The van der Waals surface area contributed by atoms with Crippen LogP contribution in [0.15, 0.2) is 47.4 Å². The largest absolute Gasteiger partial charge is 0.345 e. The molecule has 0 radical (unpaired) electrons. The smallest absolute Gasteiger partial charge is 0.264 e. The molecule has 0 saturated carbocycles. The van der Waals surface area contributed by atoms with Crippen LogP contribution in [0.25, 0.3) is 5.82 Å². The number of benzene rings is 1. The Bertz CT molecular complexity index is 1010. The molecule has 0 bridgehead atoms. The van der Waals surface area contributed by atoms with Crippen molar-refractivity contribution in [1.82, 2.24) is 25.3 Å². The van der Waals surface area contributed by atoms with Crippen molar-refractivity contribution >= 4 is 5.91 Å². The van der Waals surface area contributed by atoms with E-state index in [1.54, 1.807) is 13.0 Å². The molecule has 0 saturated heterocycles. The molecule has 2 N–H and O–H groups in total. The fourth-order valence-electron chi connectivity index (χ4n) is 3.35. The van der Waals surface area contributed by atoms with Gasteiger partial charge in [0.15, 0.2) is 5.82 Å². The number of nitrogens with one attached hydrogen (secondary N) is 2. The first-order valence-electron chi connectivity index (χ1n) is 9.91. The van der Waals surface area contributed by atoms with Crippen molar-refractivity contribution in [2.75, 3.05) is 0 Å². The Morgan fingerprint density at radius 2 is 1.90 bits per heavy atom. The van der Waals surface area contributed by atoms with Gasteiger partial charge >= 0.3 is 0 Å². The molecule has 3 rings (SSSR count). The highest BCUT2D eigenvalue weighted by Crippen LogP contribution is 2.23. The summed E-state index contributed by atoms with van der Waals surface area (Å²) in [5, 5.41) is 13.8. The molecule has 152 valence electrons. The maximum absolute atomic E-state index is 13.0. The van der Waals surface area contributed by atoms with Crippen LogP contribution < -0.4 is 10.9 Å². The Labute approximate surface area is 170 Å². The molecule has 1 unspecified atom stereocenters. The monoisotopic (exact) mass is 393 g/mol. The number of hydrogen-bond acceptors (Lipinski definition) is 4. The van der Waals surface area contributed by atoms with Gasteiger partial charge in [-0.1, -0.05) is 51.5 Å². The number of carbonyl (C=O) groups excluding carboxylic acids is 1. The highest BCUT2D eigenvalue weighted by atomic mass is 16.1. The van der Waals surface area contributed by atoms with Gasteiger partial charge in [-0.3, -0.25) is 9.59 Å². The lowest BCUT2D eigenvalue weighted by Crippen LogP contribution is -2.32. The number of nitrogens with zero attached hydrogens (tertiary/aromatic N) is 3. The minimum absolute atomic E-state index is 0.105. The molecule has 1 amide bonds. The summed E-state index contributed by atoms with van der Waals surface area (Å²) in [4.78, 5) is 24.2. The Morgan fingerprint density at radius 3 is 2.48 bits per heavy atom. The lowest BCUT2D eigenvalue weighted by Gasteiger charge is -2.23. The van der Waals surface area contributed by atoms with Crippen LogP contribution in [0.3, 0.4) is 0 Å². The minimum atomic E-state index is -0.291. The van der Waals surface area contributed by atoms with Crippen LogP contribution in [0.5, 0.6) is 0 Å². The van der Waals surface area contributed by atoms with Gasteiger partial charge < -0.3 is 5.32 Å². The zero-order chi connectivity index (χ0) is 21.0. The summed E-state index contributed by atoms with van der Waals surface area (Å²) >= 11 is 0. The van der Waals surface area contributed by atoms with E-state index in [2.05, 4.69) is 65.6 Å². The molecule has 7 heteroatoms. The standard InChI is InChI=1S/C22H27N5O2/c1-5-6-16-7-9-17(10-8-16)21(14(2)3)24-22(29)18-13-23-27(15(18)4)19-11-12-20(28)26-25-19/h7-14,21H,5-6H2,1-4H3,(H,24,29)(H,26,28). The molecule has 0 aliphatic carbocycles. The molecule has 2 heterocycles. The molecule has 1 aromatic carbocycles. The molecule has 0 spiro atoms. The SMILES string of the molecule is CCCc1ccc(C(NC(=O)c2cnn(-c3ccc(=O)[nH]n3)c2C)C(C)C)cc1. The fourth-order valence-corrected chi connectivity index (χ4v) is 3.35. The lowest BCUT2D eigenvalue weighted by atomic mass is 9.94. The fraction of sp³-hybridized carbons (Fsp3) is 0.364. The number of hydrogen-bond donors (Lipinski definition) is 2. The molecule has 0 fully saturated rings. The van der Waals surface area contributed by atoms with Crippen molar-refractivity contribution in [3.63, 3.8) is 0 Å². The van der Waals surface area contributed by atoms with E-state index in [1.165, 1.54) is 22.5 Å². The second kappa shape index (κ2) is 8.86. The van der Waals surface area contributed by atoms with Gasteiger partial charge in [0.1, 0.15) is 0 Å². The molecule has 3 aromatic rings. The van der Waals surface area contributed by atoms with Crippen LogP contribution in [0.1, 0.15) is 60.4 Å². The van der Waals surface area contributed by atoms with Crippen molar-refractivity contribution in [1.29, 1.82) is 0 Å². The maximum atomic E-state index is 13.0. The predicted octanol–water partition coefficient (Wildman–Crippen LogP) is 3.34. The zero-order valence-electron chi connectivity index (χ0n) is 17.3. The number of aromatic nitrogens is 4. The number of carbonyl (C=O) groups is 1. The second-order valence-corrected chi connectivity index (χ2v) is 7.52. The predicted molar refractivity (Wildman–Crippen MR) is 112 cm³/mol. The van der Waals surface area contributed by atoms with Crippen molar-refractivity contribution < 1.29 is 4.79 Å². The molecule has 0 aliphatic heterocycles. The van der Waals surface area contributed by atoms with Gasteiger partial charge in [-0.25, -0.2) is 9.78 Å². The van der Waals surface area contributed by atoms with Gasteiger partial charge in [0.2, 0.25) is 0 Å². The minimum Gasteiger partial charge on any atom is -0.345 e. The Kier molecular flexibility index (Phi) is 6.26. The summed E-state index contributed by atoms with van der Waals surface area (Å²) in [5.74, 6) is 0.495. The topological polar surface area (TPSA) is 92.7 Å². The van der Waals surface area contributed by atoms with E-state index >= 15 is 0 Å². The quantitative estimate of drug-likeness (QED) is 0.644. The maximum Gasteiger partial charge on any atom is 0.264 e. The Morgan fingerprint density at radius 1 is 1.17 bits per heavy atom. The highest BCUT2D eigenvalue weighted by molar-refractivity contribution is 5.95. The van der Waals surface area contributed by atoms with Gasteiger partial charge in [-0.2, -0.15) is 10.2 Å². The summed E-state index contributed by atoms with van der Waals surface area (Å²) in [6, 6.07) is 11.3. The second-order valence-electron chi connectivity index (χ2n) is 7.52. The summed E-state index contributed by atoms with van der Waals surface area (Å²) in [6.07, 6.45) is 3.69. The van der Waals surface area contributed by atoms with Gasteiger partial charge in [0.05, 0.1) is 23.5 Å². The van der Waals surface area contributed by atoms with Crippen molar-refractivity contribution in [3.8, 4) is 5.82 Å². The normalized spacial score (nSPS) is 12.2. The first kappa shape index (κ1) is 20.5. The third-order valence-corrected chi connectivity index (χ3v) is 4.97. The van der Waals surface area contributed by atoms with E-state index in [-0.39, 0.29) is 23.4 Å². The van der Waals surface area contributed by atoms with Crippen molar-refractivity contribution in [3.05, 3.63) is 75.3 Å². The molecule has 2 aromatic heterocycles. The van der Waals surface area contributed by atoms with E-state index in [1.807, 2.05) is 0 Å². The van der Waals surface area contributed by atoms with Gasteiger partial charge in [0, 0.05) is 6.07 Å². The first-order chi connectivity index (χ1) is 13.9. The first-order valence-corrected chi connectivity index (χ1v) is 9.91. The third kappa shape index (κ3) is 4.62. The van der Waals surface area contributed by atoms with Crippen LogP contribution in [-0.2, 0) is 6.42 Å². The summed E-state index contributed by atoms with van der Waals surface area (Å²) in [5.41, 5.74) is 3.23. The van der Waals surface area contributed by atoms with Gasteiger partial charge in [0.25, 0.3) is 11.5 Å². The van der Waals surface area contributed by atoms with Gasteiger partial charge in [-0.15, -0.1) is 0 Å². The molecule has 7 nitrogen and oxygen atoms in total. The lowest BCUT2D eigenvalue weighted by molar-refractivity contribution is 0.0925.